The summed E-state index contributed by atoms with van der Waals surface area (Å²) in [6.45, 7) is 2.02. The molecule has 6 heteroatoms. The molecule has 6 nitrogen and oxygen atoms in total. The zero-order chi connectivity index (χ0) is 24.0. The van der Waals surface area contributed by atoms with Crippen molar-refractivity contribution in [3.63, 3.8) is 0 Å². The number of ether oxygens (including phenoxy) is 2. The van der Waals surface area contributed by atoms with Crippen LogP contribution in [0.2, 0.25) is 0 Å². The van der Waals surface area contributed by atoms with E-state index in [0.717, 1.165) is 35.5 Å². The number of hydrogen-bond donors (Lipinski definition) is 1. The van der Waals surface area contributed by atoms with E-state index >= 15 is 0 Å². The van der Waals surface area contributed by atoms with Crippen molar-refractivity contribution >= 4 is 11.7 Å². The van der Waals surface area contributed by atoms with Gasteiger partial charge in [0.1, 0.15) is 18.1 Å². The number of benzene rings is 3. The van der Waals surface area contributed by atoms with Gasteiger partial charge in [0.2, 0.25) is 0 Å². The molecule has 0 bridgehead atoms. The van der Waals surface area contributed by atoms with Crippen LogP contribution in [-0.2, 0) is 13.2 Å². The van der Waals surface area contributed by atoms with Crippen LogP contribution in [0.1, 0.15) is 29.3 Å². The van der Waals surface area contributed by atoms with E-state index in [1.54, 1.807) is 7.11 Å². The van der Waals surface area contributed by atoms with Crippen LogP contribution >= 0.6 is 0 Å². The number of anilines is 1. The van der Waals surface area contributed by atoms with Crippen LogP contribution in [0.3, 0.4) is 0 Å². The molecule has 178 valence electrons. The van der Waals surface area contributed by atoms with E-state index in [4.69, 9.17) is 9.47 Å². The zero-order valence-corrected chi connectivity index (χ0v) is 19.8. The molecule has 35 heavy (non-hydrogen) atoms. The summed E-state index contributed by atoms with van der Waals surface area (Å²) >= 11 is 0. The molecule has 0 fully saturated rings. The molecular formula is C29H29N3O3. The summed E-state index contributed by atoms with van der Waals surface area (Å²) in [5, 5.41) is 3.06. The summed E-state index contributed by atoms with van der Waals surface area (Å²) in [6.07, 6.45) is 2.96. The lowest BCUT2D eigenvalue weighted by Crippen LogP contribution is -2.38. The van der Waals surface area contributed by atoms with E-state index in [2.05, 4.69) is 34.3 Å². The van der Waals surface area contributed by atoms with Crippen LogP contribution in [0.15, 0.2) is 97.2 Å². The lowest BCUT2D eigenvalue weighted by Gasteiger charge is -2.31. The maximum absolute atomic E-state index is 13.6. The Labute approximate surface area is 205 Å². The standard InChI is InChI=1S/C29H29N3O3/c1-34-27-13-6-5-11-25(27)30-29(33)32-20-8-19-31-18-7-12-26(31)28(32)23-14-16-24(17-15-23)35-21-22-9-3-2-4-10-22/h2-7,9-18,28H,8,19-21H2,1H3,(H,30,33). The van der Waals surface area contributed by atoms with Gasteiger partial charge in [-0.3, -0.25) is 0 Å². The van der Waals surface area contributed by atoms with Gasteiger partial charge in [-0.05, 0) is 53.9 Å². The highest BCUT2D eigenvalue weighted by Gasteiger charge is 2.31. The van der Waals surface area contributed by atoms with Gasteiger partial charge in [-0.25, -0.2) is 4.79 Å². The number of amides is 2. The molecule has 0 spiro atoms. The van der Waals surface area contributed by atoms with Crippen LogP contribution in [0.5, 0.6) is 11.5 Å². The Kier molecular flexibility index (Phi) is 6.70. The molecule has 0 radical (unpaired) electrons. The van der Waals surface area contributed by atoms with Gasteiger partial charge in [0.15, 0.2) is 0 Å². The number of carbonyl (C=O) groups excluding carboxylic acids is 1. The fourth-order valence-corrected chi connectivity index (χ4v) is 4.57. The number of nitrogens with one attached hydrogen (secondary N) is 1. The van der Waals surface area contributed by atoms with Gasteiger partial charge >= 0.3 is 6.03 Å². The molecule has 1 aliphatic rings. The highest BCUT2D eigenvalue weighted by atomic mass is 16.5. The number of fused-ring (bicyclic) bond motifs is 1. The van der Waals surface area contributed by atoms with Crippen molar-refractivity contribution in [2.45, 2.75) is 25.6 Å². The number of aromatic nitrogens is 1. The zero-order valence-electron chi connectivity index (χ0n) is 19.8. The Bertz CT molecular complexity index is 1270. The second-order valence-corrected chi connectivity index (χ2v) is 8.55. The Morgan fingerprint density at radius 1 is 0.914 bits per heavy atom. The average Bonchev–Trinajstić information content (AvgIpc) is 3.28. The first-order valence-corrected chi connectivity index (χ1v) is 11.9. The fourth-order valence-electron chi connectivity index (χ4n) is 4.57. The quantitative estimate of drug-likeness (QED) is 0.373. The molecule has 2 heterocycles. The predicted octanol–water partition coefficient (Wildman–Crippen LogP) is 6.10. The Balaban J connectivity index is 1.40. The second kappa shape index (κ2) is 10.4. The number of methoxy groups -OCH3 is 1. The summed E-state index contributed by atoms with van der Waals surface area (Å²) in [4.78, 5) is 15.5. The lowest BCUT2D eigenvalue weighted by molar-refractivity contribution is 0.199. The van der Waals surface area contributed by atoms with Crippen molar-refractivity contribution in [3.05, 3.63) is 114 Å². The number of nitrogens with zero attached hydrogens (tertiary/aromatic N) is 2. The molecule has 2 amide bonds. The molecule has 0 saturated carbocycles. The first-order chi connectivity index (χ1) is 17.2. The number of urea groups is 1. The first-order valence-electron chi connectivity index (χ1n) is 11.9. The van der Waals surface area contributed by atoms with E-state index in [-0.39, 0.29) is 12.1 Å². The number of rotatable bonds is 6. The maximum Gasteiger partial charge on any atom is 0.322 e. The van der Waals surface area contributed by atoms with E-state index in [1.807, 2.05) is 77.7 Å². The van der Waals surface area contributed by atoms with Gasteiger partial charge in [-0.15, -0.1) is 0 Å². The summed E-state index contributed by atoms with van der Waals surface area (Å²) in [5.74, 6) is 1.43. The molecule has 1 unspecified atom stereocenters. The smallest absolute Gasteiger partial charge is 0.322 e. The average molecular weight is 468 g/mol. The van der Waals surface area contributed by atoms with Crippen molar-refractivity contribution in [2.75, 3.05) is 19.0 Å². The molecule has 1 aliphatic heterocycles. The van der Waals surface area contributed by atoms with E-state index < -0.39 is 0 Å². The normalized spacial score (nSPS) is 15.1. The van der Waals surface area contributed by atoms with Gasteiger partial charge in [0, 0.05) is 25.0 Å². The molecule has 1 N–H and O–H groups in total. The first kappa shape index (κ1) is 22.6. The summed E-state index contributed by atoms with van der Waals surface area (Å²) in [6, 6.07) is 29.4. The molecule has 4 aromatic rings. The number of carbonyl (C=O) groups is 1. The summed E-state index contributed by atoms with van der Waals surface area (Å²) in [5.41, 5.74) is 3.91. The van der Waals surface area contributed by atoms with Crippen molar-refractivity contribution in [2.24, 2.45) is 0 Å². The molecule has 1 aromatic heterocycles. The third kappa shape index (κ3) is 5.01. The number of aryl methyl sites for hydroxylation is 1. The molecule has 0 aliphatic carbocycles. The van der Waals surface area contributed by atoms with Crippen molar-refractivity contribution in [3.8, 4) is 11.5 Å². The van der Waals surface area contributed by atoms with Crippen LogP contribution in [0.4, 0.5) is 10.5 Å². The third-order valence-corrected chi connectivity index (χ3v) is 6.31. The Hall–Kier alpha value is -4.19. The van der Waals surface area contributed by atoms with Crippen molar-refractivity contribution < 1.29 is 14.3 Å². The summed E-state index contributed by atoms with van der Waals surface area (Å²) < 4.78 is 13.6. The maximum atomic E-state index is 13.6. The van der Waals surface area contributed by atoms with Crippen molar-refractivity contribution in [1.82, 2.24) is 9.47 Å². The minimum atomic E-state index is -0.217. The second-order valence-electron chi connectivity index (χ2n) is 8.55. The van der Waals surface area contributed by atoms with Crippen LogP contribution in [-0.4, -0.2) is 29.2 Å². The van der Waals surface area contributed by atoms with Gasteiger partial charge < -0.3 is 24.3 Å². The highest BCUT2D eigenvalue weighted by Crippen LogP contribution is 2.34. The van der Waals surface area contributed by atoms with Crippen LogP contribution in [0.25, 0.3) is 0 Å². The van der Waals surface area contributed by atoms with Gasteiger partial charge in [0.25, 0.3) is 0 Å². The van der Waals surface area contributed by atoms with E-state index in [0.29, 0.717) is 24.6 Å². The lowest BCUT2D eigenvalue weighted by atomic mass is 10.0. The molecule has 0 saturated heterocycles. The van der Waals surface area contributed by atoms with Gasteiger partial charge in [-0.2, -0.15) is 0 Å². The summed E-state index contributed by atoms with van der Waals surface area (Å²) in [7, 11) is 1.61. The fraction of sp³-hybridized carbons (Fsp3) is 0.207. The minimum absolute atomic E-state index is 0.154. The van der Waals surface area contributed by atoms with Gasteiger partial charge in [-0.1, -0.05) is 54.6 Å². The minimum Gasteiger partial charge on any atom is -0.495 e. The van der Waals surface area contributed by atoms with Crippen LogP contribution in [0, 0.1) is 0 Å². The molecule has 3 aromatic carbocycles. The topological polar surface area (TPSA) is 55.7 Å². The van der Waals surface area contributed by atoms with Crippen LogP contribution < -0.4 is 14.8 Å². The largest absolute Gasteiger partial charge is 0.495 e. The number of para-hydroxylation sites is 2. The highest BCUT2D eigenvalue weighted by molar-refractivity contribution is 5.91. The predicted molar refractivity (Wildman–Crippen MR) is 137 cm³/mol. The molecule has 5 rings (SSSR count). The monoisotopic (exact) mass is 467 g/mol. The van der Waals surface area contributed by atoms with E-state index in [1.165, 1.54) is 0 Å². The molecule has 1 atom stereocenters. The SMILES string of the molecule is COc1ccccc1NC(=O)N1CCCn2cccc2C1c1ccc(OCc2ccccc2)cc1. The molecular weight excluding hydrogens is 438 g/mol. The Morgan fingerprint density at radius 3 is 2.49 bits per heavy atom. The van der Waals surface area contributed by atoms with E-state index in [9.17, 15) is 4.79 Å². The Morgan fingerprint density at radius 2 is 1.69 bits per heavy atom. The van der Waals surface area contributed by atoms with Gasteiger partial charge in [0.05, 0.1) is 18.8 Å². The van der Waals surface area contributed by atoms with Crippen molar-refractivity contribution in [1.29, 1.82) is 0 Å². The number of hydrogen-bond acceptors (Lipinski definition) is 3. The third-order valence-electron chi connectivity index (χ3n) is 6.31.